The first-order valence-electron chi connectivity index (χ1n) is 8.79. The van der Waals surface area contributed by atoms with Crippen LogP contribution >= 0.6 is 0 Å². The van der Waals surface area contributed by atoms with E-state index in [1.807, 2.05) is 11.0 Å². The zero-order valence-electron chi connectivity index (χ0n) is 14.2. The van der Waals surface area contributed by atoms with E-state index < -0.39 is 0 Å². The normalized spacial score (nSPS) is 20.6. The van der Waals surface area contributed by atoms with Gasteiger partial charge in [-0.15, -0.1) is 0 Å². The van der Waals surface area contributed by atoms with Crippen LogP contribution in [0, 0.1) is 0 Å². The van der Waals surface area contributed by atoms with Gasteiger partial charge in [0.15, 0.2) is 0 Å². The molecule has 2 saturated heterocycles. The second-order valence-corrected chi connectivity index (χ2v) is 6.28. The maximum absolute atomic E-state index is 12.4. The van der Waals surface area contributed by atoms with E-state index in [0.717, 1.165) is 32.7 Å². The lowest BCUT2D eigenvalue weighted by atomic mass is 10.0. The predicted octanol–water partition coefficient (Wildman–Crippen LogP) is 0.972. The molecular weight excluding hydrogens is 306 g/mol. The van der Waals surface area contributed by atoms with Crippen molar-refractivity contribution in [1.82, 2.24) is 15.1 Å². The number of hydrogen-bond donors (Lipinski definition) is 1. The van der Waals surface area contributed by atoms with Crippen molar-refractivity contribution < 1.29 is 14.3 Å². The first-order chi connectivity index (χ1) is 11.8. The Kier molecular flexibility index (Phi) is 6.46. The number of urea groups is 1. The van der Waals surface area contributed by atoms with Gasteiger partial charge in [-0.3, -0.25) is 4.90 Å². The molecule has 0 aromatic heterocycles. The molecule has 1 unspecified atom stereocenters. The van der Waals surface area contributed by atoms with E-state index in [1.165, 1.54) is 5.56 Å². The molecule has 1 atom stereocenters. The molecule has 3 rings (SSSR count). The van der Waals surface area contributed by atoms with E-state index in [1.54, 1.807) is 0 Å². The monoisotopic (exact) mass is 333 g/mol. The van der Waals surface area contributed by atoms with Gasteiger partial charge in [0.05, 0.1) is 26.4 Å². The Morgan fingerprint density at radius 1 is 1.00 bits per heavy atom. The lowest BCUT2D eigenvalue weighted by Gasteiger charge is -2.35. The summed E-state index contributed by atoms with van der Waals surface area (Å²) >= 11 is 0. The van der Waals surface area contributed by atoms with Gasteiger partial charge in [0, 0.05) is 38.8 Å². The molecule has 0 radical (unpaired) electrons. The van der Waals surface area contributed by atoms with Crippen LogP contribution in [0.4, 0.5) is 4.79 Å². The first kappa shape index (κ1) is 17.2. The van der Waals surface area contributed by atoms with E-state index in [4.69, 9.17) is 9.47 Å². The topological polar surface area (TPSA) is 54.0 Å². The molecule has 0 saturated carbocycles. The Hall–Kier alpha value is -1.63. The number of nitrogens with zero attached hydrogens (tertiary/aromatic N) is 2. The molecule has 2 amide bonds. The van der Waals surface area contributed by atoms with Gasteiger partial charge in [-0.1, -0.05) is 30.3 Å². The molecule has 1 aromatic rings. The molecule has 1 N–H and O–H groups in total. The Bertz CT molecular complexity index is 499. The highest BCUT2D eigenvalue weighted by atomic mass is 16.5. The molecule has 24 heavy (non-hydrogen) atoms. The van der Waals surface area contributed by atoms with Gasteiger partial charge < -0.3 is 19.7 Å². The van der Waals surface area contributed by atoms with Crippen LogP contribution in [0.3, 0.4) is 0 Å². The lowest BCUT2D eigenvalue weighted by molar-refractivity contribution is 0.0163. The van der Waals surface area contributed by atoms with Gasteiger partial charge in [0.1, 0.15) is 0 Å². The summed E-state index contributed by atoms with van der Waals surface area (Å²) < 4.78 is 10.8. The van der Waals surface area contributed by atoms with Crippen molar-refractivity contribution in [2.24, 2.45) is 0 Å². The van der Waals surface area contributed by atoms with Crippen molar-refractivity contribution in [2.75, 3.05) is 59.2 Å². The maximum Gasteiger partial charge on any atom is 0.317 e. The minimum absolute atomic E-state index is 0.0182. The van der Waals surface area contributed by atoms with Crippen LogP contribution in [0.1, 0.15) is 5.56 Å². The van der Waals surface area contributed by atoms with Gasteiger partial charge in [0.2, 0.25) is 0 Å². The summed E-state index contributed by atoms with van der Waals surface area (Å²) in [6, 6.07) is 10.8. The van der Waals surface area contributed by atoms with Crippen LogP contribution in [0.5, 0.6) is 0 Å². The average Bonchev–Trinajstić information content (AvgIpc) is 2.67. The van der Waals surface area contributed by atoms with E-state index >= 15 is 0 Å². The zero-order chi connectivity index (χ0) is 16.6. The van der Waals surface area contributed by atoms with Crippen LogP contribution in [0.25, 0.3) is 0 Å². The molecule has 2 fully saturated rings. The largest absolute Gasteiger partial charge is 0.379 e. The lowest BCUT2D eigenvalue weighted by Crippen LogP contribution is -2.53. The van der Waals surface area contributed by atoms with Crippen LogP contribution in [-0.2, 0) is 15.9 Å². The van der Waals surface area contributed by atoms with Gasteiger partial charge >= 0.3 is 6.03 Å². The molecule has 0 spiro atoms. The second kappa shape index (κ2) is 9.01. The number of benzene rings is 1. The maximum atomic E-state index is 12.4. The van der Waals surface area contributed by atoms with Gasteiger partial charge in [-0.25, -0.2) is 4.79 Å². The van der Waals surface area contributed by atoms with Crippen molar-refractivity contribution in [3.05, 3.63) is 35.9 Å². The van der Waals surface area contributed by atoms with E-state index in [-0.39, 0.29) is 6.03 Å². The van der Waals surface area contributed by atoms with Crippen molar-refractivity contribution in [3.63, 3.8) is 0 Å². The fraction of sp³-hybridized carbons (Fsp3) is 0.611. The van der Waals surface area contributed by atoms with E-state index in [0.29, 0.717) is 38.9 Å². The van der Waals surface area contributed by atoms with Crippen molar-refractivity contribution in [1.29, 1.82) is 0 Å². The molecular formula is C18H27N3O3. The highest BCUT2D eigenvalue weighted by molar-refractivity contribution is 5.74. The number of nitrogens with one attached hydrogen (secondary N) is 1. The summed E-state index contributed by atoms with van der Waals surface area (Å²) in [5.41, 5.74) is 1.30. The number of carbonyl (C=O) groups is 1. The third-order valence-electron chi connectivity index (χ3n) is 4.66. The number of ether oxygens (including phenoxy) is 2. The fourth-order valence-corrected chi connectivity index (χ4v) is 3.24. The number of morpholine rings is 2. The predicted molar refractivity (Wildman–Crippen MR) is 92.1 cm³/mol. The minimum atomic E-state index is 0.0182. The van der Waals surface area contributed by atoms with E-state index in [2.05, 4.69) is 34.5 Å². The van der Waals surface area contributed by atoms with Crippen molar-refractivity contribution >= 4 is 6.03 Å². The summed E-state index contributed by atoms with van der Waals surface area (Å²) in [4.78, 5) is 16.6. The first-order valence-corrected chi connectivity index (χ1v) is 8.79. The standard InChI is InChI=1S/C18H27N3O3/c22-18(21-8-12-24-13-9-21)19-15-17(20-6-10-23-11-7-20)14-16-4-2-1-3-5-16/h1-5,17H,6-15H2,(H,19,22). The molecule has 0 bridgehead atoms. The number of amides is 2. The number of hydrogen-bond acceptors (Lipinski definition) is 4. The van der Waals surface area contributed by atoms with Gasteiger partial charge in [0.25, 0.3) is 0 Å². The summed E-state index contributed by atoms with van der Waals surface area (Å²) in [6.45, 7) is 6.64. The smallest absolute Gasteiger partial charge is 0.317 e. The second-order valence-electron chi connectivity index (χ2n) is 6.28. The number of carbonyl (C=O) groups excluding carboxylic acids is 1. The molecule has 1 aromatic carbocycles. The molecule has 2 heterocycles. The molecule has 2 aliphatic rings. The quantitative estimate of drug-likeness (QED) is 0.872. The Labute approximate surface area is 143 Å². The third kappa shape index (κ3) is 4.93. The highest BCUT2D eigenvalue weighted by Crippen LogP contribution is 2.11. The molecule has 6 heteroatoms. The highest BCUT2D eigenvalue weighted by Gasteiger charge is 2.23. The number of rotatable bonds is 5. The van der Waals surface area contributed by atoms with Crippen LogP contribution < -0.4 is 5.32 Å². The summed E-state index contributed by atoms with van der Waals surface area (Å²) in [7, 11) is 0. The molecule has 2 aliphatic heterocycles. The van der Waals surface area contributed by atoms with Crippen LogP contribution in [0.2, 0.25) is 0 Å². The SMILES string of the molecule is O=C(NCC(Cc1ccccc1)N1CCOCC1)N1CCOCC1. The van der Waals surface area contributed by atoms with Crippen LogP contribution in [-0.4, -0.2) is 81.0 Å². The summed E-state index contributed by atoms with van der Waals surface area (Å²) in [6.07, 6.45) is 0.935. The zero-order valence-corrected chi connectivity index (χ0v) is 14.2. The Morgan fingerprint density at radius 3 is 2.29 bits per heavy atom. The summed E-state index contributed by atoms with van der Waals surface area (Å²) in [5.74, 6) is 0. The average molecular weight is 333 g/mol. The van der Waals surface area contributed by atoms with Crippen molar-refractivity contribution in [3.8, 4) is 0 Å². The summed E-state index contributed by atoms with van der Waals surface area (Å²) in [5, 5.41) is 3.12. The van der Waals surface area contributed by atoms with Crippen LogP contribution in [0.15, 0.2) is 30.3 Å². The molecule has 6 nitrogen and oxygen atoms in total. The molecule has 132 valence electrons. The molecule has 0 aliphatic carbocycles. The third-order valence-corrected chi connectivity index (χ3v) is 4.66. The Balaban J connectivity index is 1.57. The van der Waals surface area contributed by atoms with Crippen molar-refractivity contribution in [2.45, 2.75) is 12.5 Å². The minimum Gasteiger partial charge on any atom is -0.379 e. The Morgan fingerprint density at radius 2 is 1.62 bits per heavy atom. The van der Waals surface area contributed by atoms with Gasteiger partial charge in [-0.2, -0.15) is 0 Å². The fourth-order valence-electron chi connectivity index (χ4n) is 3.24. The van der Waals surface area contributed by atoms with Gasteiger partial charge in [-0.05, 0) is 12.0 Å². The van der Waals surface area contributed by atoms with E-state index in [9.17, 15) is 4.79 Å².